The molecule has 1 N–H and O–H groups in total. The van der Waals surface area contributed by atoms with Gasteiger partial charge in [-0.2, -0.15) is 0 Å². The van der Waals surface area contributed by atoms with Gasteiger partial charge in [-0.1, -0.05) is 30.3 Å². The molecule has 2 atom stereocenters. The highest BCUT2D eigenvalue weighted by Gasteiger charge is 2.43. The van der Waals surface area contributed by atoms with Crippen molar-refractivity contribution in [1.29, 1.82) is 0 Å². The number of amides is 1. The number of hydrogen-bond donors (Lipinski definition) is 1. The van der Waals surface area contributed by atoms with Crippen molar-refractivity contribution in [1.82, 2.24) is 10.3 Å². The molecule has 5 heteroatoms. The first-order chi connectivity index (χ1) is 12.7. The van der Waals surface area contributed by atoms with E-state index in [1.54, 1.807) is 18.4 Å². The highest BCUT2D eigenvalue weighted by atomic mass is 32.1. The van der Waals surface area contributed by atoms with Crippen LogP contribution in [0.1, 0.15) is 22.9 Å². The van der Waals surface area contributed by atoms with Crippen molar-refractivity contribution in [2.45, 2.75) is 18.9 Å². The van der Waals surface area contributed by atoms with Crippen LogP contribution in [0.2, 0.25) is 0 Å². The van der Waals surface area contributed by atoms with E-state index in [-0.39, 0.29) is 11.8 Å². The van der Waals surface area contributed by atoms with Gasteiger partial charge >= 0.3 is 0 Å². The monoisotopic (exact) mass is 364 g/mol. The molecule has 1 aliphatic carbocycles. The maximum absolute atomic E-state index is 12.4. The second kappa shape index (κ2) is 7.30. The fourth-order valence-electron chi connectivity index (χ4n) is 3.13. The van der Waals surface area contributed by atoms with Crippen LogP contribution in [0.3, 0.4) is 0 Å². The zero-order chi connectivity index (χ0) is 17.9. The molecule has 26 heavy (non-hydrogen) atoms. The van der Waals surface area contributed by atoms with Crippen LogP contribution in [-0.4, -0.2) is 18.0 Å². The van der Waals surface area contributed by atoms with Crippen LogP contribution in [0.4, 0.5) is 0 Å². The molecule has 1 saturated carbocycles. The van der Waals surface area contributed by atoms with Crippen LogP contribution in [0.5, 0.6) is 5.75 Å². The molecule has 1 heterocycles. The average molecular weight is 364 g/mol. The number of carbonyl (C=O) groups is 1. The minimum atomic E-state index is 0.0958. The van der Waals surface area contributed by atoms with Crippen molar-refractivity contribution in [2.24, 2.45) is 5.92 Å². The smallest absolute Gasteiger partial charge is 0.224 e. The van der Waals surface area contributed by atoms with E-state index in [1.807, 2.05) is 47.8 Å². The third kappa shape index (κ3) is 3.63. The van der Waals surface area contributed by atoms with Crippen molar-refractivity contribution < 1.29 is 9.53 Å². The number of nitrogens with one attached hydrogen (secondary N) is 1. The summed E-state index contributed by atoms with van der Waals surface area (Å²) in [6.45, 7) is 0.484. The predicted molar refractivity (Wildman–Crippen MR) is 103 cm³/mol. The predicted octanol–water partition coefficient (Wildman–Crippen LogP) is 4.24. The summed E-state index contributed by atoms with van der Waals surface area (Å²) in [7, 11) is 1.65. The third-order valence-corrected chi connectivity index (χ3v) is 5.56. The molecule has 4 rings (SSSR count). The Morgan fingerprint density at radius 3 is 2.69 bits per heavy atom. The molecule has 1 fully saturated rings. The van der Waals surface area contributed by atoms with E-state index in [4.69, 9.17) is 4.74 Å². The van der Waals surface area contributed by atoms with Crippen molar-refractivity contribution >= 4 is 17.2 Å². The molecule has 0 spiro atoms. The molecule has 1 aliphatic rings. The van der Waals surface area contributed by atoms with E-state index in [1.165, 1.54) is 5.56 Å². The molecule has 1 amide bonds. The Kier molecular flexibility index (Phi) is 4.71. The van der Waals surface area contributed by atoms with Crippen molar-refractivity contribution in [3.8, 4) is 17.0 Å². The van der Waals surface area contributed by atoms with Crippen molar-refractivity contribution in [2.75, 3.05) is 7.11 Å². The maximum Gasteiger partial charge on any atom is 0.224 e. The fraction of sp³-hybridized carbons (Fsp3) is 0.238. The Morgan fingerprint density at radius 2 is 1.96 bits per heavy atom. The second-order valence-electron chi connectivity index (χ2n) is 6.43. The second-order valence-corrected chi connectivity index (χ2v) is 7.37. The van der Waals surface area contributed by atoms with Gasteiger partial charge in [-0.3, -0.25) is 4.79 Å². The van der Waals surface area contributed by atoms with Gasteiger partial charge in [0.05, 0.1) is 19.3 Å². The molecule has 4 nitrogen and oxygen atoms in total. The van der Waals surface area contributed by atoms with Gasteiger partial charge in [-0.15, -0.1) is 11.3 Å². The Hall–Kier alpha value is -2.66. The van der Waals surface area contributed by atoms with Gasteiger partial charge in [0.15, 0.2) is 0 Å². The summed E-state index contributed by atoms with van der Waals surface area (Å²) in [5, 5.41) is 5.97. The Bertz CT molecular complexity index is 890. The number of aromatic nitrogens is 1. The van der Waals surface area contributed by atoms with Crippen LogP contribution >= 0.6 is 11.3 Å². The Labute approximate surface area is 156 Å². The van der Waals surface area contributed by atoms with E-state index >= 15 is 0 Å². The summed E-state index contributed by atoms with van der Waals surface area (Å²) in [6.07, 6.45) is 0.935. The first-order valence-corrected chi connectivity index (χ1v) is 9.54. The van der Waals surface area contributed by atoms with Crippen LogP contribution in [0.25, 0.3) is 11.3 Å². The van der Waals surface area contributed by atoms with Gasteiger partial charge in [0.2, 0.25) is 5.91 Å². The Balaban J connectivity index is 1.33. The van der Waals surface area contributed by atoms with E-state index < -0.39 is 0 Å². The summed E-state index contributed by atoms with van der Waals surface area (Å²) in [5.41, 5.74) is 3.23. The van der Waals surface area contributed by atoms with E-state index in [9.17, 15) is 4.79 Å². The summed E-state index contributed by atoms with van der Waals surface area (Å²) in [5.74, 6) is 1.41. The number of thiazole rings is 1. The lowest BCUT2D eigenvalue weighted by atomic mass is 10.1. The van der Waals surface area contributed by atoms with Gasteiger partial charge in [0.25, 0.3) is 0 Å². The molecule has 0 saturated heterocycles. The summed E-state index contributed by atoms with van der Waals surface area (Å²) < 4.78 is 5.18. The van der Waals surface area contributed by atoms with Gasteiger partial charge in [-0.05, 0) is 42.2 Å². The highest BCUT2D eigenvalue weighted by molar-refractivity contribution is 7.09. The minimum absolute atomic E-state index is 0.0958. The number of ether oxygens (including phenoxy) is 1. The first-order valence-electron chi connectivity index (χ1n) is 8.66. The summed E-state index contributed by atoms with van der Waals surface area (Å²) in [6, 6.07) is 18.1. The molecule has 0 bridgehead atoms. The zero-order valence-corrected chi connectivity index (χ0v) is 15.3. The van der Waals surface area contributed by atoms with Gasteiger partial charge in [0.1, 0.15) is 10.8 Å². The third-order valence-electron chi connectivity index (χ3n) is 4.71. The fourth-order valence-corrected chi connectivity index (χ4v) is 3.88. The van der Waals surface area contributed by atoms with Crippen molar-refractivity contribution in [3.05, 3.63) is 70.5 Å². The largest absolute Gasteiger partial charge is 0.497 e. The van der Waals surface area contributed by atoms with Gasteiger partial charge in [0, 0.05) is 16.9 Å². The number of methoxy groups -OCH3 is 1. The zero-order valence-electron chi connectivity index (χ0n) is 14.5. The molecule has 0 radical (unpaired) electrons. The minimum Gasteiger partial charge on any atom is -0.497 e. The SMILES string of the molecule is COc1ccc(-c2csc(CNC(=O)[C@@H]3C[C@H]3c3ccccc3)n2)cc1. The lowest BCUT2D eigenvalue weighted by Crippen LogP contribution is -2.24. The van der Waals surface area contributed by atoms with Crippen LogP contribution < -0.4 is 10.1 Å². The number of benzene rings is 2. The van der Waals surface area contributed by atoms with E-state index in [0.717, 1.165) is 28.4 Å². The van der Waals surface area contributed by atoms with Crippen molar-refractivity contribution in [3.63, 3.8) is 0 Å². The van der Waals surface area contributed by atoms with Crippen LogP contribution in [-0.2, 0) is 11.3 Å². The molecule has 132 valence electrons. The molecule has 3 aromatic rings. The number of rotatable bonds is 6. The van der Waals surface area contributed by atoms with E-state index in [2.05, 4.69) is 22.4 Å². The molecule has 0 aliphatic heterocycles. The maximum atomic E-state index is 12.4. The quantitative estimate of drug-likeness (QED) is 0.712. The van der Waals surface area contributed by atoms with Crippen LogP contribution in [0, 0.1) is 5.92 Å². The number of nitrogens with zero attached hydrogens (tertiary/aromatic N) is 1. The molecular formula is C21H20N2O2S. The van der Waals surface area contributed by atoms with Crippen LogP contribution in [0.15, 0.2) is 60.0 Å². The van der Waals surface area contributed by atoms with E-state index in [0.29, 0.717) is 12.5 Å². The normalized spacial score (nSPS) is 18.3. The highest BCUT2D eigenvalue weighted by Crippen LogP contribution is 2.47. The number of hydrogen-bond acceptors (Lipinski definition) is 4. The molecule has 2 aromatic carbocycles. The number of carbonyl (C=O) groups excluding carboxylic acids is 1. The first kappa shape index (κ1) is 16.8. The lowest BCUT2D eigenvalue weighted by molar-refractivity contribution is -0.122. The average Bonchev–Trinajstić information content (AvgIpc) is 3.37. The van der Waals surface area contributed by atoms with Gasteiger partial charge in [-0.25, -0.2) is 4.98 Å². The molecular weight excluding hydrogens is 344 g/mol. The summed E-state index contributed by atoms with van der Waals surface area (Å²) in [4.78, 5) is 17.0. The topological polar surface area (TPSA) is 51.2 Å². The van der Waals surface area contributed by atoms with Gasteiger partial charge < -0.3 is 10.1 Å². The Morgan fingerprint density at radius 1 is 1.19 bits per heavy atom. The summed E-state index contributed by atoms with van der Waals surface area (Å²) >= 11 is 1.57. The lowest BCUT2D eigenvalue weighted by Gasteiger charge is -2.03. The standard InChI is InChI=1S/C21H20N2O2S/c1-25-16-9-7-15(8-10-16)19-13-26-20(23-19)12-22-21(24)18-11-17(18)14-5-3-2-4-6-14/h2-10,13,17-18H,11-12H2,1H3,(H,22,24)/t17-,18+/m0/s1. The molecule has 0 unspecified atom stereocenters. The molecule has 1 aromatic heterocycles.